The Kier molecular flexibility index (Phi) is 11.6. The Balaban J connectivity index is 1.19. The molecule has 6 nitrogen and oxygen atoms in total. The molecular weight excluding hydrogens is 676 g/mol. The minimum absolute atomic E-state index is 0.0358. The number of fused-ring (bicyclic) bond motifs is 3. The van der Waals surface area contributed by atoms with Crippen molar-refractivity contribution in [3.05, 3.63) is 35.5 Å². The number of piperidine rings is 1. The van der Waals surface area contributed by atoms with Crippen LogP contribution in [0.4, 0.5) is 4.39 Å². The van der Waals surface area contributed by atoms with E-state index in [4.69, 9.17) is 0 Å². The van der Waals surface area contributed by atoms with Gasteiger partial charge in [-0.1, -0.05) is 65.8 Å². The highest BCUT2D eigenvalue weighted by Gasteiger charge is 2.65. The Hall–Kier alpha value is -1.99. The number of hydrogen-bond donors (Lipinski definition) is 3. The van der Waals surface area contributed by atoms with Crippen LogP contribution >= 0.6 is 0 Å². The number of rotatable bonds is 11. The van der Waals surface area contributed by atoms with Gasteiger partial charge in [-0.05, 0) is 173 Å². The molecule has 3 saturated carbocycles. The summed E-state index contributed by atoms with van der Waals surface area (Å²) < 4.78 is 14.0. The SMILES string of the molecule is C=C(C)[C@@H]1CC[C@]2(NCCC3(O)CCN(C(C)=O)CC3)CC[C@]3(C)[C@H](CC[C@H](C)[C@@]3(C)CC[C@@H]3[C@H](C)CC=C(C4=CC[C@](CF)(C(=O)O)CC4)C3(C)C)[C@@H]12. The average molecular weight is 751 g/mol. The van der Waals surface area contributed by atoms with Crippen LogP contribution in [0, 0.1) is 57.2 Å². The van der Waals surface area contributed by atoms with Gasteiger partial charge in [-0.25, -0.2) is 4.39 Å². The number of nitrogens with one attached hydrogen (secondary N) is 1. The van der Waals surface area contributed by atoms with Gasteiger partial charge in [0.2, 0.25) is 5.91 Å². The van der Waals surface area contributed by atoms with Gasteiger partial charge in [-0.2, -0.15) is 0 Å². The number of carbonyl (C=O) groups is 2. The molecule has 0 radical (unpaired) electrons. The highest BCUT2D eigenvalue weighted by atomic mass is 19.1. The highest BCUT2D eigenvalue weighted by molar-refractivity contribution is 5.75. The molecule has 6 aliphatic rings. The fourth-order valence-corrected chi connectivity index (χ4v) is 13.9. The second kappa shape index (κ2) is 15.1. The summed E-state index contributed by atoms with van der Waals surface area (Å²) in [6.45, 7) is 24.9. The van der Waals surface area contributed by atoms with Crippen LogP contribution in [0.3, 0.4) is 0 Å². The standard InChI is InChI=1S/C47H75FN2O4/c1-31(2)36-16-21-47(49-27-24-46(54)25-28-50(29-26-46)34(5)51)23-22-44(9)39(40(36)47)13-11-33(4)43(44,8)18-17-37-32(3)10-12-38(42(37,6)7)35-14-19-45(30-48,20-15-35)41(52)53/h12,14,32-33,36-37,39-40,49,54H,1,10-11,13,15-30H2,2-9H3,(H,52,53)/t32-,33+,36+,37-,39-,40-,43-,44-,45+,47+/m1/s1. The van der Waals surface area contributed by atoms with E-state index in [1.807, 2.05) is 4.90 Å². The number of aliphatic carboxylic acids is 1. The van der Waals surface area contributed by atoms with Crippen LogP contribution in [0.1, 0.15) is 152 Å². The molecule has 1 heterocycles. The lowest BCUT2D eigenvalue weighted by Gasteiger charge is -2.66. The van der Waals surface area contributed by atoms with Crippen LogP contribution in [0.25, 0.3) is 0 Å². The predicted octanol–water partition coefficient (Wildman–Crippen LogP) is 10.1. The van der Waals surface area contributed by atoms with Gasteiger partial charge in [0.25, 0.3) is 0 Å². The first-order chi connectivity index (χ1) is 25.3. The molecule has 5 aliphatic carbocycles. The van der Waals surface area contributed by atoms with Gasteiger partial charge in [-0.15, -0.1) is 0 Å². The molecule has 304 valence electrons. The first-order valence-corrected chi connectivity index (χ1v) is 21.9. The fraction of sp³-hybridized carbons (Fsp3) is 0.830. The van der Waals surface area contributed by atoms with E-state index in [1.165, 1.54) is 68.1 Å². The van der Waals surface area contributed by atoms with Crippen molar-refractivity contribution < 1.29 is 24.2 Å². The van der Waals surface area contributed by atoms with Crippen LogP contribution in [-0.4, -0.2) is 64.4 Å². The lowest BCUT2D eigenvalue weighted by Crippen LogP contribution is -2.64. The molecule has 0 aromatic rings. The zero-order chi connectivity index (χ0) is 39.5. The monoisotopic (exact) mass is 751 g/mol. The first-order valence-electron chi connectivity index (χ1n) is 21.9. The second-order valence-electron chi connectivity index (χ2n) is 20.9. The molecule has 0 aromatic carbocycles. The number of carboxylic acids is 1. The molecule has 0 bridgehead atoms. The van der Waals surface area contributed by atoms with Gasteiger partial charge in [-0.3, -0.25) is 9.59 Å². The van der Waals surface area contributed by atoms with Crippen molar-refractivity contribution in [1.29, 1.82) is 0 Å². The number of allylic oxidation sites excluding steroid dienone is 5. The normalized spacial score (nSPS) is 41.6. The molecule has 1 amide bonds. The van der Waals surface area contributed by atoms with Crippen LogP contribution in [-0.2, 0) is 9.59 Å². The van der Waals surface area contributed by atoms with E-state index < -0.39 is 23.7 Å². The number of carbonyl (C=O) groups excluding carboxylic acids is 1. The van der Waals surface area contributed by atoms with Crippen LogP contribution < -0.4 is 5.32 Å². The number of hydrogen-bond acceptors (Lipinski definition) is 4. The van der Waals surface area contributed by atoms with Crippen molar-refractivity contribution in [2.24, 2.45) is 57.2 Å². The molecule has 1 saturated heterocycles. The summed E-state index contributed by atoms with van der Waals surface area (Å²) in [6, 6.07) is 0. The molecule has 7 heteroatoms. The van der Waals surface area contributed by atoms with E-state index in [1.54, 1.807) is 6.92 Å². The van der Waals surface area contributed by atoms with Gasteiger partial charge < -0.3 is 20.4 Å². The summed E-state index contributed by atoms with van der Waals surface area (Å²) >= 11 is 0. The number of likely N-dealkylation sites (tertiary alicyclic amines) is 1. The lowest BCUT2D eigenvalue weighted by atomic mass is 9.40. The van der Waals surface area contributed by atoms with Crippen molar-refractivity contribution in [3.8, 4) is 0 Å². The minimum atomic E-state index is -1.27. The van der Waals surface area contributed by atoms with E-state index in [0.717, 1.165) is 19.4 Å². The van der Waals surface area contributed by atoms with E-state index in [9.17, 15) is 24.2 Å². The van der Waals surface area contributed by atoms with Crippen LogP contribution in [0.5, 0.6) is 0 Å². The third-order valence-corrected chi connectivity index (χ3v) is 18.1. The number of halogens is 1. The Morgan fingerprint density at radius 1 is 0.963 bits per heavy atom. The molecule has 0 spiro atoms. The third-order valence-electron chi connectivity index (χ3n) is 18.1. The Bertz CT molecular complexity index is 1510. The predicted molar refractivity (Wildman–Crippen MR) is 216 cm³/mol. The molecule has 4 fully saturated rings. The van der Waals surface area contributed by atoms with Crippen LogP contribution in [0.2, 0.25) is 0 Å². The molecule has 0 aromatic heterocycles. The van der Waals surface area contributed by atoms with E-state index in [0.29, 0.717) is 74.3 Å². The molecular formula is C47H75FN2O4. The van der Waals surface area contributed by atoms with Gasteiger partial charge in [0.05, 0.1) is 11.0 Å². The van der Waals surface area contributed by atoms with E-state index >= 15 is 0 Å². The van der Waals surface area contributed by atoms with Gasteiger partial charge >= 0.3 is 5.97 Å². The minimum Gasteiger partial charge on any atom is -0.481 e. The number of carboxylic acid groups (broad SMARTS) is 1. The number of alkyl halides is 1. The Morgan fingerprint density at radius 3 is 2.26 bits per heavy atom. The summed E-state index contributed by atoms with van der Waals surface area (Å²) in [7, 11) is 0. The average Bonchev–Trinajstić information content (AvgIpc) is 3.50. The molecule has 1 aliphatic heterocycles. The van der Waals surface area contributed by atoms with E-state index in [2.05, 4.69) is 72.5 Å². The van der Waals surface area contributed by atoms with Crippen LogP contribution in [0.15, 0.2) is 35.5 Å². The Morgan fingerprint density at radius 2 is 1.67 bits per heavy atom. The summed E-state index contributed by atoms with van der Waals surface area (Å²) in [5.41, 5.74) is 2.47. The maximum Gasteiger partial charge on any atom is 0.312 e. The van der Waals surface area contributed by atoms with Crippen molar-refractivity contribution in [3.63, 3.8) is 0 Å². The van der Waals surface area contributed by atoms with Gasteiger partial charge in [0.15, 0.2) is 0 Å². The first kappa shape index (κ1) is 41.6. The summed E-state index contributed by atoms with van der Waals surface area (Å²) in [5.74, 6) is 2.52. The number of aliphatic hydroxyl groups is 1. The van der Waals surface area contributed by atoms with Gasteiger partial charge in [0, 0.05) is 25.6 Å². The lowest BCUT2D eigenvalue weighted by molar-refractivity contribution is -0.155. The maximum atomic E-state index is 14.0. The van der Waals surface area contributed by atoms with Crippen molar-refractivity contribution in [2.45, 2.75) is 163 Å². The quantitative estimate of drug-likeness (QED) is 0.183. The molecule has 6 rings (SSSR count). The number of nitrogens with zero attached hydrogens (tertiary/aromatic N) is 1. The molecule has 3 N–H and O–H groups in total. The molecule has 10 atom stereocenters. The third kappa shape index (κ3) is 7.00. The summed E-state index contributed by atoms with van der Waals surface area (Å²) in [5, 5.41) is 25.5. The zero-order valence-corrected chi connectivity index (χ0v) is 35.3. The van der Waals surface area contributed by atoms with Gasteiger partial charge in [0.1, 0.15) is 6.67 Å². The van der Waals surface area contributed by atoms with Crippen molar-refractivity contribution >= 4 is 11.9 Å². The maximum absolute atomic E-state index is 14.0. The second-order valence-corrected chi connectivity index (χ2v) is 20.9. The van der Waals surface area contributed by atoms with E-state index in [-0.39, 0.29) is 34.1 Å². The molecule has 0 unspecified atom stereocenters. The number of amides is 1. The topological polar surface area (TPSA) is 89.9 Å². The summed E-state index contributed by atoms with van der Waals surface area (Å²) in [4.78, 5) is 25.8. The Labute approximate surface area is 327 Å². The largest absolute Gasteiger partial charge is 0.481 e. The summed E-state index contributed by atoms with van der Waals surface area (Å²) in [6.07, 6.45) is 18.6. The van der Waals surface area contributed by atoms with Crippen molar-refractivity contribution in [1.82, 2.24) is 10.2 Å². The highest BCUT2D eigenvalue weighted by Crippen LogP contribution is 2.70. The smallest absolute Gasteiger partial charge is 0.312 e. The molecule has 54 heavy (non-hydrogen) atoms. The van der Waals surface area contributed by atoms with Crippen molar-refractivity contribution in [2.75, 3.05) is 26.3 Å². The fourth-order valence-electron chi connectivity index (χ4n) is 13.9. The zero-order valence-electron chi connectivity index (χ0n) is 35.3.